The number of rotatable bonds is 3. The summed E-state index contributed by atoms with van der Waals surface area (Å²) in [5.41, 5.74) is -0.210. The first-order chi connectivity index (χ1) is 13.5. The quantitative estimate of drug-likeness (QED) is 0.878. The Morgan fingerprint density at radius 3 is 2.86 bits per heavy atom. The van der Waals surface area contributed by atoms with E-state index < -0.39 is 11.2 Å². The van der Waals surface area contributed by atoms with Gasteiger partial charge in [-0.15, -0.1) is 0 Å². The monoisotopic (exact) mass is 381 g/mol. The standard InChI is InChI=1S/C21H23N3O4/c25-18-7-13-24(20(27)22-18)14-8-19(26)23-12-3-9-21(11-15-23)10-6-16-4-1-2-5-17(16)28-21/h1-2,4-7,10,13H,3,8-9,11-12,14-15H2,(H,22,25,27)/t21-/m0/s1. The van der Waals surface area contributed by atoms with Gasteiger partial charge in [0, 0.05) is 50.3 Å². The lowest BCUT2D eigenvalue weighted by Crippen LogP contribution is -2.38. The molecule has 146 valence electrons. The summed E-state index contributed by atoms with van der Waals surface area (Å²) >= 11 is 0. The van der Waals surface area contributed by atoms with Crippen LogP contribution < -0.4 is 16.0 Å². The number of fused-ring (bicyclic) bond motifs is 1. The molecule has 4 rings (SSSR count). The second kappa shape index (κ2) is 7.50. The molecule has 1 fully saturated rings. The van der Waals surface area contributed by atoms with Gasteiger partial charge >= 0.3 is 5.69 Å². The Balaban J connectivity index is 1.38. The van der Waals surface area contributed by atoms with Gasteiger partial charge < -0.3 is 14.2 Å². The van der Waals surface area contributed by atoms with Gasteiger partial charge in [0.1, 0.15) is 11.4 Å². The van der Waals surface area contributed by atoms with E-state index in [-0.39, 0.29) is 24.5 Å². The van der Waals surface area contributed by atoms with Crippen LogP contribution in [0.1, 0.15) is 31.2 Å². The third-order valence-electron chi connectivity index (χ3n) is 5.45. The second-order valence-corrected chi connectivity index (χ2v) is 7.33. The highest BCUT2D eigenvalue weighted by atomic mass is 16.5. The number of aromatic amines is 1. The number of para-hydroxylation sites is 1. The first-order valence-electron chi connectivity index (χ1n) is 9.60. The highest BCUT2D eigenvalue weighted by molar-refractivity contribution is 5.76. The molecule has 3 heterocycles. The number of aromatic nitrogens is 2. The third kappa shape index (κ3) is 3.78. The fourth-order valence-electron chi connectivity index (χ4n) is 3.85. The van der Waals surface area contributed by atoms with Gasteiger partial charge in [0.2, 0.25) is 5.91 Å². The van der Waals surface area contributed by atoms with Gasteiger partial charge in [-0.3, -0.25) is 14.6 Å². The molecular formula is C21H23N3O4. The number of nitrogens with zero attached hydrogens (tertiary/aromatic N) is 2. The molecule has 1 amide bonds. The van der Waals surface area contributed by atoms with Crippen LogP contribution in [0, 0.1) is 0 Å². The van der Waals surface area contributed by atoms with Crippen LogP contribution in [0.4, 0.5) is 0 Å². The van der Waals surface area contributed by atoms with Gasteiger partial charge in [0.05, 0.1) is 0 Å². The minimum atomic E-state index is -0.491. The molecule has 2 aromatic rings. The molecule has 28 heavy (non-hydrogen) atoms. The summed E-state index contributed by atoms with van der Waals surface area (Å²) in [5.74, 6) is 0.901. The topological polar surface area (TPSA) is 84.4 Å². The molecule has 2 aliphatic heterocycles. The maximum absolute atomic E-state index is 12.7. The molecule has 0 aliphatic carbocycles. The van der Waals surface area contributed by atoms with Crippen molar-refractivity contribution in [3.8, 4) is 5.75 Å². The first-order valence-corrected chi connectivity index (χ1v) is 9.60. The zero-order valence-electron chi connectivity index (χ0n) is 15.6. The third-order valence-corrected chi connectivity index (χ3v) is 5.45. The fourth-order valence-corrected chi connectivity index (χ4v) is 3.85. The van der Waals surface area contributed by atoms with Crippen molar-refractivity contribution >= 4 is 12.0 Å². The van der Waals surface area contributed by atoms with Crippen molar-refractivity contribution in [2.24, 2.45) is 0 Å². The summed E-state index contributed by atoms with van der Waals surface area (Å²) in [6.45, 7) is 1.55. The van der Waals surface area contributed by atoms with E-state index in [2.05, 4.69) is 17.1 Å². The average Bonchev–Trinajstić information content (AvgIpc) is 2.90. The molecule has 7 nitrogen and oxygen atoms in total. The second-order valence-electron chi connectivity index (χ2n) is 7.33. The van der Waals surface area contributed by atoms with Gasteiger partial charge in [0.25, 0.3) is 5.56 Å². The Kier molecular flexibility index (Phi) is 4.90. The Labute approximate surface area is 162 Å². The van der Waals surface area contributed by atoms with Crippen molar-refractivity contribution in [1.29, 1.82) is 0 Å². The van der Waals surface area contributed by atoms with Gasteiger partial charge in [0.15, 0.2) is 0 Å². The van der Waals surface area contributed by atoms with E-state index in [1.54, 1.807) is 0 Å². The van der Waals surface area contributed by atoms with Crippen molar-refractivity contribution in [2.45, 2.75) is 37.8 Å². The predicted molar refractivity (Wildman–Crippen MR) is 105 cm³/mol. The Morgan fingerprint density at radius 2 is 2.00 bits per heavy atom. The highest BCUT2D eigenvalue weighted by Gasteiger charge is 2.35. The maximum atomic E-state index is 12.7. The number of aryl methyl sites for hydroxylation is 1. The minimum absolute atomic E-state index is 0.00957. The minimum Gasteiger partial charge on any atom is -0.483 e. The number of H-pyrrole nitrogens is 1. The number of carbonyl (C=O) groups is 1. The number of hydrogen-bond acceptors (Lipinski definition) is 4. The van der Waals surface area contributed by atoms with Crippen molar-refractivity contribution in [3.05, 3.63) is 69.0 Å². The number of benzene rings is 1. The number of ether oxygens (including phenoxy) is 1. The molecule has 1 atom stereocenters. The smallest absolute Gasteiger partial charge is 0.328 e. The van der Waals surface area contributed by atoms with Gasteiger partial charge in [-0.05, 0) is 25.0 Å². The molecule has 1 aromatic heterocycles. The summed E-state index contributed by atoms with van der Waals surface area (Å²) < 4.78 is 7.67. The highest BCUT2D eigenvalue weighted by Crippen LogP contribution is 2.36. The molecule has 1 N–H and O–H groups in total. The predicted octanol–water partition coefficient (Wildman–Crippen LogP) is 1.78. The van der Waals surface area contributed by atoms with E-state index in [9.17, 15) is 14.4 Å². The zero-order chi connectivity index (χ0) is 19.6. The van der Waals surface area contributed by atoms with Crippen LogP contribution in [0.3, 0.4) is 0 Å². The molecule has 0 bridgehead atoms. The van der Waals surface area contributed by atoms with Crippen LogP contribution in [0.25, 0.3) is 6.08 Å². The molecule has 1 aromatic carbocycles. The van der Waals surface area contributed by atoms with E-state index in [0.717, 1.165) is 30.6 Å². The number of carbonyl (C=O) groups excluding carboxylic acids is 1. The first kappa shape index (κ1) is 18.3. The largest absolute Gasteiger partial charge is 0.483 e. The van der Waals surface area contributed by atoms with Crippen LogP contribution >= 0.6 is 0 Å². The van der Waals surface area contributed by atoms with E-state index in [4.69, 9.17) is 4.74 Å². The molecule has 1 spiro atoms. The van der Waals surface area contributed by atoms with Crippen LogP contribution in [-0.2, 0) is 11.3 Å². The van der Waals surface area contributed by atoms with Crippen molar-refractivity contribution < 1.29 is 9.53 Å². The average molecular weight is 381 g/mol. The summed E-state index contributed by atoms with van der Waals surface area (Å²) in [5, 5.41) is 0. The molecule has 0 saturated carbocycles. The molecule has 7 heteroatoms. The Bertz CT molecular complexity index is 1020. The zero-order valence-corrected chi connectivity index (χ0v) is 15.6. The summed E-state index contributed by atoms with van der Waals surface area (Å²) in [4.78, 5) is 39.6. The van der Waals surface area contributed by atoms with E-state index in [1.807, 2.05) is 29.2 Å². The molecule has 0 unspecified atom stereocenters. The van der Waals surface area contributed by atoms with Crippen LogP contribution in [0.15, 0.2) is 52.2 Å². The van der Waals surface area contributed by atoms with E-state index in [1.165, 1.54) is 16.8 Å². The number of likely N-dealkylation sites (tertiary alicyclic amines) is 1. The molecule has 0 radical (unpaired) electrons. The summed E-state index contributed by atoms with van der Waals surface area (Å²) in [6, 6.07) is 9.26. The van der Waals surface area contributed by atoms with E-state index >= 15 is 0 Å². The Hall–Kier alpha value is -3.09. The molecule has 1 saturated heterocycles. The van der Waals surface area contributed by atoms with Crippen molar-refractivity contribution in [1.82, 2.24) is 14.5 Å². The molecular weight excluding hydrogens is 358 g/mol. The normalized spacial score (nSPS) is 21.1. The van der Waals surface area contributed by atoms with Crippen molar-refractivity contribution in [2.75, 3.05) is 13.1 Å². The van der Waals surface area contributed by atoms with Crippen LogP contribution in [0.2, 0.25) is 0 Å². The molecule has 2 aliphatic rings. The van der Waals surface area contributed by atoms with Gasteiger partial charge in [-0.25, -0.2) is 4.79 Å². The van der Waals surface area contributed by atoms with Crippen molar-refractivity contribution in [3.63, 3.8) is 0 Å². The van der Waals surface area contributed by atoms with Crippen LogP contribution in [-0.4, -0.2) is 39.0 Å². The Morgan fingerprint density at radius 1 is 1.14 bits per heavy atom. The lowest BCUT2D eigenvalue weighted by atomic mass is 9.91. The number of nitrogens with one attached hydrogen (secondary N) is 1. The summed E-state index contributed by atoms with van der Waals surface area (Å²) in [6.07, 6.45) is 8.34. The van der Waals surface area contributed by atoms with Gasteiger partial charge in [-0.2, -0.15) is 0 Å². The fraction of sp³-hybridized carbons (Fsp3) is 0.381. The lowest BCUT2D eigenvalue weighted by molar-refractivity contribution is -0.131. The number of hydrogen-bond donors (Lipinski definition) is 1. The maximum Gasteiger partial charge on any atom is 0.328 e. The van der Waals surface area contributed by atoms with Gasteiger partial charge in [-0.1, -0.05) is 24.3 Å². The number of amides is 1. The lowest BCUT2D eigenvalue weighted by Gasteiger charge is -2.34. The van der Waals surface area contributed by atoms with E-state index in [0.29, 0.717) is 13.1 Å². The van der Waals surface area contributed by atoms with Crippen LogP contribution in [0.5, 0.6) is 5.75 Å². The SMILES string of the molecule is O=C(CCn1ccc(=O)[nH]c1=O)N1CCC[C@]2(C=Cc3ccccc3O2)CC1. The summed E-state index contributed by atoms with van der Waals surface area (Å²) in [7, 11) is 0.